The number of aromatic nitrogens is 5. The lowest BCUT2D eigenvalue weighted by molar-refractivity contribution is -0.384. The van der Waals surface area contributed by atoms with E-state index < -0.39 is 16.8 Å². The number of nitrogens with zero attached hydrogens (tertiary/aromatic N) is 5. The molecule has 0 saturated heterocycles. The van der Waals surface area contributed by atoms with E-state index in [0.29, 0.717) is 23.3 Å². The summed E-state index contributed by atoms with van der Waals surface area (Å²) in [7, 11) is 0. The quantitative estimate of drug-likeness (QED) is 0.381. The average molecular weight is 402 g/mol. The second kappa shape index (κ2) is 8.46. The van der Waals surface area contributed by atoms with E-state index in [-0.39, 0.29) is 17.6 Å². The van der Waals surface area contributed by atoms with Crippen LogP contribution in [0.15, 0.2) is 30.6 Å². The first-order valence-electron chi connectivity index (χ1n) is 8.70. The lowest BCUT2D eigenvalue weighted by atomic mass is 10.3. The van der Waals surface area contributed by atoms with Crippen LogP contribution in [0.4, 0.5) is 27.5 Å². The Morgan fingerprint density at radius 2 is 1.93 bits per heavy atom. The lowest BCUT2D eigenvalue weighted by Crippen LogP contribution is -2.12. The molecule has 3 heterocycles. The van der Waals surface area contributed by atoms with Crippen LogP contribution in [0.3, 0.4) is 0 Å². The molecule has 1 atom stereocenters. The summed E-state index contributed by atoms with van der Waals surface area (Å²) in [6.45, 7) is 5.48. The lowest BCUT2D eigenvalue weighted by Gasteiger charge is -2.14. The summed E-state index contributed by atoms with van der Waals surface area (Å²) in [4.78, 5) is 22.9. The molecule has 152 valence electrons. The molecule has 0 aliphatic heterocycles. The van der Waals surface area contributed by atoms with Crippen LogP contribution in [0, 0.1) is 15.9 Å². The van der Waals surface area contributed by atoms with Crippen molar-refractivity contribution >= 4 is 23.1 Å². The summed E-state index contributed by atoms with van der Waals surface area (Å²) in [5, 5.41) is 23.9. The van der Waals surface area contributed by atoms with E-state index in [1.165, 1.54) is 12.1 Å². The number of pyridine rings is 1. The Morgan fingerprint density at radius 1 is 1.21 bits per heavy atom. The van der Waals surface area contributed by atoms with E-state index in [2.05, 4.69) is 35.8 Å². The molecular weight excluding hydrogens is 383 g/mol. The standard InChI is InChI=1S/C17H19FN8O3/c1-9(2)29-15-6-14(24-25-15)23-17-12(26(27)28)4-5-13(22-17)21-10(3)16-19-7-11(18)8-20-16/h4-10H,1-3H3,(H3,21,22,23,24,25)/t10-/m0/s1. The van der Waals surface area contributed by atoms with E-state index >= 15 is 0 Å². The predicted molar refractivity (Wildman–Crippen MR) is 103 cm³/mol. The SMILES string of the molecule is CC(C)Oc1cc(Nc2nc(N[C@@H](C)c3ncc(F)cn3)ccc2[N+](=O)[O-])n[nH]1. The first-order valence-corrected chi connectivity index (χ1v) is 8.70. The van der Waals surface area contributed by atoms with E-state index in [1.54, 1.807) is 13.0 Å². The fourth-order valence-electron chi connectivity index (χ4n) is 2.41. The molecule has 12 heteroatoms. The minimum atomic E-state index is -0.552. The van der Waals surface area contributed by atoms with Crippen LogP contribution in [0.25, 0.3) is 0 Å². The van der Waals surface area contributed by atoms with Crippen molar-refractivity contribution < 1.29 is 14.1 Å². The van der Waals surface area contributed by atoms with Crippen LogP contribution in [-0.2, 0) is 0 Å². The molecule has 3 rings (SSSR count). The zero-order valence-electron chi connectivity index (χ0n) is 15.9. The maximum Gasteiger partial charge on any atom is 0.311 e. The zero-order chi connectivity index (χ0) is 21.0. The van der Waals surface area contributed by atoms with E-state index in [1.807, 2.05) is 13.8 Å². The Balaban J connectivity index is 1.81. The van der Waals surface area contributed by atoms with Crippen molar-refractivity contribution in [1.82, 2.24) is 25.1 Å². The molecule has 29 heavy (non-hydrogen) atoms. The maximum atomic E-state index is 13.0. The molecule has 3 aromatic rings. The van der Waals surface area contributed by atoms with Gasteiger partial charge in [-0.25, -0.2) is 24.4 Å². The second-order valence-electron chi connectivity index (χ2n) is 6.36. The number of halogens is 1. The van der Waals surface area contributed by atoms with Crippen LogP contribution < -0.4 is 15.4 Å². The summed E-state index contributed by atoms with van der Waals surface area (Å²) in [5.41, 5.74) is -0.226. The highest BCUT2D eigenvalue weighted by atomic mass is 19.1. The highest BCUT2D eigenvalue weighted by Gasteiger charge is 2.19. The highest BCUT2D eigenvalue weighted by Crippen LogP contribution is 2.28. The molecule has 11 nitrogen and oxygen atoms in total. The molecule has 3 aromatic heterocycles. The van der Waals surface area contributed by atoms with Crippen molar-refractivity contribution in [2.75, 3.05) is 10.6 Å². The van der Waals surface area contributed by atoms with Crippen LogP contribution >= 0.6 is 0 Å². The normalized spacial score (nSPS) is 11.9. The predicted octanol–water partition coefficient (Wildman–Crippen LogP) is 3.35. The summed E-state index contributed by atoms with van der Waals surface area (Å²) in [5.74, 6) is 0.872. The Bertz CT molecular complexity index is 993. The number of rotatable bonds is 8. The number of ether oxygens (including phenoxy) is 1. The first kappa shape index (κ1) is 19.9. The Morgan fingerprint density at radius 3 is 2.59 bits per heavy atom. The second-order valence-corrected chi connectivity index (χ2v) is 6.36. The van der Waals surface area contributed by atoms with Crippen LogP contribution in [0.5, 0.6) is 5.88 Å². The fourth-order valence-corrected chi connectivity index (χ4v) is 2.41. The Kier molecular flexibility index (Phi) is 5.81. The van der Waals surface area contributed by atoms with E-state index in [4.69, 9.17) is 4.74 Å². The van der Waals surface area contributed by atoms with Gasteiger partial charge in [0.2, 0.25) is 11.7 Å². The summed E-state index contributed by atoms with van der Waals surface area (Å²) >= 11 is 0. The van der Waals surface area contributed by atoms with Crippen molar-refractivity contribution in [3.63, 3.8) is 0 Å². The number of nitrogens with one attached hydrogen (secondary N) is 3. The number of hydrogen-bond acceptors (Lipinski definition) is 9. The van der Waals surface area contributed by atoms with Crippen molar-refractivity contribution in [1.29, 1.82) is 0 Å². The number of hydrogen-bond donors (Lipinski definition) is 3. The molecule has 0 aliphatic carbocycles. The van der Waals surface area contributed by atoms with Gasteiger partial charge >= 0.3 is 5.69 Å². The summed E-state index contributed by atoms with van der Waals surface area (Å²) in [6, 6.07) is 3.93. The molecule has 3 N–H and O–H groups in total. The number of aromatic amines is 1. The molecule has 0 bridgehead atoms. The highest BCUT2D eigenvalue weighted by molar-refractivity contribution is 5.66. The van der Waals surface area contributed by atoms with Crippen molar-refractivity contribution in [3.05, 3.63) is 52.3 Å². The topological polar surface area (TPSA) is 144 Å². The van der Waals surface area contributed by atoms with Gasteiger partial charge in [-0.1, -0.05) is 0 Å². The van der Waals surface area contributed by atoms with Gasteiger partial charge in [0.25, 0.3) is 0 Å². The van der Waals surface area contributed by atoms with Gasteiger partial charge in [0.1, 0.15) is 11.6 Å². The van der Waals surface area contributed by atoms with Crippen molar-refractivity contribution in [2.45, 2.75) is 32.9 Å². The maximum absolute atomic E-state index is 13.0. The summed E-state index contributed by atoms with van der Waals surface area (Å²) < 4.78 is 18.5. The molecule has 0 saturated carbocycles. The van der Waals surface area contributed by atoms with E-state index in [9.17, 15) is 14.5 Å². The number of H-pyrrole nitrogens is 1. The molecule has 0 aliphatic rings. The Hall–Kier alpha value is -3.83. The molecule has 0 fully saturated rings. The van der Waals surface area contributed by atoms with Crippen LogP contribution in [-0.4, -0.2) is 36.2 Å². The first-order chi connectivity index (χ1) is 13.8. The largest absolute Gasteiger partial charge is 0.475 e. The minimum absolute atomic E-state index is 0.00479. The smallest absolute Gasteiger partial charge is 0.311 e. The third-order valence-corrected chi connectivity index (χ3v) is 3.63. The molecular formula is C17H19FN8O3. The van der Waals surface area contributed by atoms with Crippen molar-refractivity contribution in [2.24, 2.45) is 0 Å². The van der Waals surface area contributed by atoms with Gasteiger partial charge in [-0.3, -0.25) is 10.1 Å². The minimum Gasteiger partial charge on any atom is -0.475 e. The molecule has 0 unspecified atom stereocenters. The van der Waals surface area contributed by atoms with Gasteiger partial charge in [-0.2, -0.15) is 5.10 Å². The van der Waals surface area contributed by atoms with Gasteiger partial charge in [-0.05, 0) is 26.8 Å². The van der Waals surface area contributed by atoms with Gasteiger partial charge in [-0.15, -0.1) is 0 Å². The fraction of sp³-hybridized carbons (Fsp3) is 0.294. The van der Waals surface area contributed by atoms with Crippen LogP contribution in [0.2, 0.25) is 0 Å². The third-order valence-electron chi connectivity index (χ3n) is 3.63. The molecule has 0 aromatic carbocycles. The van der Waals surface area contributed by atoms with Crippen molar-refractivity contribution in [3.8, 4) is 5.88 Å². The van der Waals surface area contributed by atoms with Crippen LogP contribution in [0.1, 0.15) is 32.6 Å². The third kappa shape index (κ3) is 5.12. The summed E-state index contributed by atoms with van der Waals surface area (Å²) in [6.07, 6.45) is 2.06. The molecule has 0 spiro atoms. The Labute approximate surface area is 164 Å². The molecule has 0 radical (unpaired) electrons. The van der Waals surface area contributed by atoms with E-state index in [0.717, 1.165) is 12.4 Å². The number of nitro groups is 1. The van der Waals surface area contributed by atoms with Gasteiger partial charge in [0.15, 0.2) is 11.6 Å². The number of anilines is 3. The monoisotopic (exact) mass is 402 g/mol. The van der Waals surface area contributed by atoms with Gasteiger partial charge in [0.05, 0.1) is 29.5 Å². The van der Waals surface area contributed by atoms with Gasteiger partial charge in [0, 0.05) is 12.1 Å². The zero-order valence-corrected chi connectivity index (χ0v) is 15.9. The average Bonchev–Trinajstić information content (AvgIpc) is 3.08. The van der Waals surface area contributed by atoms with Gasteiger partial charge < -0.3 is 15.4 Å². The molecule has 0 amide bonds.